The summed E-state index contributed by atoms with van der Waals surface area (Å²) in [5, 5.41) is 21.5. The zero-order valence-electron chi connectivity index (χ0n) is 12.9. The predicted octanol–water partition coefficient (Wildman–Crippen LogP) is 1.30. The van der Waals surface area contributed by atoms with Crippen molar-refractivity contribution < 1.29 is 14.6 Å². The van der Waals surface area contributed by atoms with Crippen LogP contribution in [0, 0.1) is 0 Å². The molecule has 2 N–H and O–H groups in total. The number of hydrogen-bond donors (Lipinski definition) is 2. The highest BCUT2D eigenvalue weighted by molar-refractivity contribution is 5.86. The van der Waals surface area contributed by atoms with Crippen LogP contribution in [0.1, 0.15) is 5.56 Å². The number of hydrogen-bond acceptors (Lipinski definition) is 6. The van der Waals surface area contributed by atoms with E-state index in [4.69, 9.17) is 4.74 Å². The van der Waals surface area contributed by atoms with E-state index in [1.54, 1.807) is 12.1 Å². The molecular formula is C16H15N5O3. The van der Waals surface area contributed by atoms with Gasteiger partial charge in [-0.3, -0.25) is 4.79 Å². The summed E-state index contributed by atoms with van der Waals surface area (Å²) < 4.78 is 6.56. The average molecular weight is 325 g/mol. The Morgan fingerprint density at radius 3 is 3.04 bits per heavy atom. The number of hydrazone groups is 1. The van der Waals surface area contributed by atoms with E-state index < -0.39 is 0 Å². The van der Waals surface area contributed by atoms with Gasteiger partial charge in [0, 0.05) is 5.56 Å². The Morgan fingerprint density at radius 2 is 2.21 bits per heavy atom. The van der Waals surface area contributed by atoms with Crippen molar-refractivity contribution in [3.8, 4) is 11.5 Å². The van der Waals surface area contributed by atoms with E-state index in [1.807, 2.05) is 24.3 Å². The largest absolute Gasteiger partial charge is 0.507 e. The van der Waals surface area contributed by atoms with Gasteiger partial charge in [-0.25, -0.2) is 10.1 Å². The number of para-hydroxylation sites is 1. The maximum Gasteiger partial charge on any atom is 0.261 e. The number of nitrogens with one attached hydrogen (secondary N) is 1. The number of phenolic OH excluding ortho intramolecular Hbond substituents is 1. The van der Waals surface area contributed by atoms with Crippen molar-refractivity contribution >= 4 is 23.2 Å². The molecule has 0 spiro atoms. The summed E-state index contributed by atoms with van der Waals surface area (Å²) in [5.74, 6) is 0.259. The molecule has 0 aliphatic rings. The van der Waals surface area contributed by atoms with Crippen molar-refractivity contribution in [2.45, 2.75) is 6.54 Å². The first-order valence-corrected chi connectivity index (χ1v) is 7.14. The lowest BCUT2D eigenvalue weighted by molar-refractivity contribution is -0.121. The molecule has 1 heterocycles. The van der Waals surface area contributed by atoms with Crippen molar-refractivity contribution in [2.75, 3.05) is 7.11 Å². The third kappa shape index (κ3) is 3.32. The van der Waals surface area contributed by atoms with Crippen molar-refractivity contribution in [3.63, 3.8) is 0 Å². The van der Waals surface area contributed by atoms with Gasteiger partial charge in [0.15, 0.2) is 0 Å². The fraction of sp³-hybridized carbons (Fsp3) is 0.125. The smallest absolute Gasteiger partial charge is 0.261 e. The number of methoxy groups -OCH3 is 1. The monoisotopic (exact) mass is 325 g/mol. The molecule has 0 bridgehead atoms. The van der Waals surface area contributed by atoms with E-state index in [1.165, 1.54) is 24.1 Å². The van der Waals surface area contributed by atoms with Crippen molar-refractivity contribution in [3.05, 3.63) is 48.0 Å². The SMILES string of the molecule is COc1ccc(O)c(/C=N\NC(=O)Cn2nnc3ccccc32)c1. The molecule has 0 saturated carbocycles. The van der Waals surface area contributed by atoms with Gasteiger partial charge >= 0.3 is 0 Å². The van der Waals surface area contributed by atoms with Gasteiger partial charge < -0.3 is 9.84 Å². The molecule has 0 atom stereocenters. The summed E-state index contributed by atoms with van der Waals surface area (Å²) in [4.78, 5) is 12.0. The minimum Gasteiger partial charge on any atom is -0.507 e. The van der Waals surface area contributed by atoms with Crippen LogP contribution in [0.5, 0.6) is 11.5 Å². The van der Waals surface area contributed by atoms with Gasteiger partial charge in [-0.05, 0) is 30.3 Å². The fourth-order valence-electron chi connectivity index (χ4n) is 2.14. The van der Waals surface area contributed by atoms with Crippen LogP contribution in [-0.4, -0.2) is 39.3 Å². The van der Waals surface area contributed by atoms with E-state index in [9.17, 15) is 9.90 Å². The number of ether oxygens (including phenoxy) is 1. The topological polar surface area (TPSA) is 102 Å². The molecule has 24 heavy (non-hydrogen) atoms. The van der Waals surface area contributed by atoms with Gasteiger partial charge in [-0.1, -0.05) is 17.3 Å². The quantitative estimate of drug-likeness (QED) is 0.544. The molecule has 122 valence electrons. The number of carbonyl (C=O) groups excluding carboxylic acids is 1. The maximum atomic E-state index is 12.0. The number of carbonyl (C=O) groups is 1. The van der Waals surface area contributed by atoms with Crippen LogP contribution in [0.4, 0.5) is 0 Å². The number of aromatic hydroxyl groups is 1. The average Bonchev–Trinajstić information content (AvgIpc) is 3.00. The second-order valence-electron chi connectivity index (χ2n) is 4.95. The van der Waals surface area contributed by atoms with Crippen LogP contribution < -0.4 is 10.2 Å². The zero-order chi connectivity index (χ0) is 16.9. The summed E-state index contributed by atoms with van der Waals surface area (Å²) in [5.41, 5.74) is 4.30. The molecule has 8 nitrogen and oxygen atoms in total. The Labute approximate surface area is 137 Å². The molecule has 0 aliphatic heterocycles. The first kappa shape index (κ1) is 15.5. The van der Waals surface area contributed by atoms with Crippen LogP contribution in [0.15, 0.2) is 47.6 Å². The fourth-order valence-corrected chi connectivity index (χ4v) is 2.14. The number of benzene rings is 2. The van der Waals surface area contributed by atoms with E-state index in [0.29, 0.717) is 11.3 Å². The molecular weight excluding hydrogens is 310 g/mol. The second kappa shape index (κ2) is 6.78. The maximum absolute atomic E-state index is 12.0. The predicted molar refractivity (Wildman–Crippen MR) is 87.9 cm³/mol. The van der Waals surface area contributed by atoms with Crippen molar-refractivity contribution in [1.29, 1.82) is 0 Å². The molecule has 3 rings (SSSR count). The Morgan fingerprint density at radius 1 is 1.38 bits per heavy atom. The summed E-state index contributed by atoms with van der Waals surface area (Å²) in [6.07, 6.45) is 1.34. The molecule has 0 radical (unpaired) electrons. The van der Waals surface area contributed by atoms with Crippen LogP contribution in [0.3, 0.4) is 0 Å². The highest BCUT2D eigenvalue weighted by atomic mass is 16.5. The lowest BCUT2D eigenvalue weighted by Crippen LogP contribution is -2.23. The summed E-state index contributed by atoms with van der Waals surface area (Å²) in [7, 11) is 1.53. The Bertz CT molecular complexity index is 904. The number of nitrogens with zero attached hydrogens (tertiary/aromatic N) is 4. The first-order chi connectivity index (χ1) is 11.7. The summed E-state index contributed by atoms with van der Waals surface area (Å²) in [6.45, 7) is -0.0120. The molecule has 3 aromatic rings. The molecule has 0 unspecified atom stereocenters. The Hall–Kier alpha value is -3.42. The number of rotatable bonds is 5. The minimum atomic E-state index is -0.357. The molecule has 1 aromatic heterocycles. The zero-order valence-corrected chi connectivity index (χ0v) is 12.9. The van der Waals surface area contributed by atoms with E-state index >= 15 is 0 Å². The molecule has 2 aromatic carbocycles. The van der Waals surface area contributed by atoms with Gasteiger partial charge in [0.25, 0.3) is 5.91 Å². The second-order valence-corrected chi connectivity index (χ2v) is 4.95. The van der Waals surface area contributed by atoms with E-state index in [-0.39, 0.29) is 18.2 Å². The van der Waals surface area contributed by atoms with Gasteiger partial charge in [0.1, 0.15) is 23.6 Å². The highest BCUT2D eigenvalue weighted by Gasteiger charge is 2.07. The van der Waals surface area contributed by atoms with Crippen LogP contribution in [0.25, 0.3) is 11.0 Å². The highest BCUT2D eigenvalue weighted by Crippen LogP contribution is 2.20. The summed E-state index contributed by atoms with van der Waals surface area (Å²) in [6, 6.07) is 12.1. The standard InChI is InChI=1S/C16H15N5O3/c1-24-12-6-7-15(22)11(8-12)9-17-19-16(23)10-21-14-5-3-2-4-13(14)18-20-21/h2-9,22H,10H2,1H3,(H,19,23)/b17-9-. The van der Waals surface area contributed by atoms with Gasteiger partial charge in [-0.15, -0.1) is 5.10 Å². The molecule has 8 heteroatoms. The van der Waals surface area contributed by atoms with Crippen molar-refractivity contribution in [2.24, 2.45) is 5.10 Å². The number of phenols is 1. The molecule has 0 fully saturated rings. The van der Waals surface area contributed by atoms with Crippen molar-refractivity contribution in [1.82, 2.24) is 20.4 Å². The molecule has 0 saturated heterocycles. The molecule has 1 amide bonds. The van der Waals surface area contributed by atoms with E-state index in [2.05, 4.69) is 20.8 Å². The third-order valence-electron chi connectivity index (χ3n) is 3.34. The van der Waals surface area contributed by atoms with Gasteiger partial charge in [0.2, 0.25) is 0 Å². The summed E-state index contributed by atoms with van der Waals surface area (Å²) >= 11 is 0. The number of aromatic nitrogens is 3. The van der Waals surface area contributed by atoms with Gasteiger partial charge in [0.05, 0.1) is 18.8 Å². The first-order valence-electron chi connectivity index (χ1n) is 7.14. The van der Waals surface area contributed by atoms with Crippen LogP contribution in [-0.2, 0) is 11.3 Å². The van der Waals surface area contributed by atoms with Crippen LogP contribution >= 0.6 is 0 Å². The van der Waals surface area contributed by atoms with Crippen LogP contribution in [0.2, 0.25) is 0 Å². The Balaban J connectivity index is 1.65. The normalized spacial score (nSPS) is 11.0. The minimum absolute atomic E-state index is 0.0120. The van der Waals surface area contributed by atoms with Gasteiger partial charge in [-0.2, -0.15) is 5.10 Å². The van der Waals surface area contributed by atoms with E-state index in [0.717, 1.165) is 11.0 Å². The Kier molecular flexibility index (Phi) is 4.37. The third-order valence-corrected chi connectivity index (χ3v) is 3.34. The lowest BCUT2D eigenvalue weighted by atomic mass is 10.2. The molecule has 0 aliphatic carbocycles. The number of amides is 1. The lowest BCUT2D eigenvalue weighted by Gasteiger charge is -2.03. The number of fused-ring (bicyclic) bond motifs is 1.